The molecule has 0 saturated heterocycles. The number of fused-ring (bicyclic) bond motifs is 2. The Hall–Kier alpha value is -1.99. The van der Waals surface area contributed by atoms with Crippen LogP contribution in [0.2, 0.25) is 0 Å². The molecule has 32 heavy (non-hydrogen) atoms. The van der Waals surface area contributed by atoms with E-state index in [1.165, 1.54) is 19.2 Å². The van der Waals surface area contributed by atoms with E-state index in [-0.39, 0.29) is 41.6 Å². The van der Waals surface area contributed by atoms with E-state index in [0.29, 0.717) is 11.1 Å². The fourth-order valence-corrected chi connectivity index (χ4v) is 6.85. The Kier molecular flexibility index (Phi) is 6.74. The Bertz CT molecular complexity index is 1290. The first-order valence-corrected chi connectivity index (χ1v) is 14.6. The number of ether oxygens (including phenoxy) is 1. The summed E-state index contributed by atoms with van der Waals surface area (Å²) in [7, 11) is -10.1. The third-order valence-corrected chi connectivity index (χ3v) is 8.41. The molecule has 0 saturated carbocycles. The van der Waals surface area contributed by atoms with Crippen molar-refractivity contribution < 1.29 is 38.4 Å². The predicted octanol–water partition coefficient (Wildman–Crippen LogP) is 1.86. The Morgan fingerprint density at radius 1 is 0.812 bits per heavy atom. The van der Waals surface area contributed by atoms with Crippen molar-refractivity contribution in [2.45, 2.75) is 28.0 Å². The summed E-state index contributed by atoms with van der Waals surface area (Å²) in [6, 6.07) is 11.1. The molecule has 0 radical (unpaired) electrons. The Balaban J connectivity index is 2.27. The highest BCUT2D eigenvalue weighted by atomic mass is 32.2. The van der Waals surface area contributed by atoms with Crippen LogP contribution < -0.4 is 4.74 Å². The van der Waals surface area contributed by atoms with Gasteiger partial charge < -0.3 is 4.74 Å². The van der Waals surface area contributed by atoms with E-state index in [1.807, 2.05) is 0 Å². The first-order valence-electron chi connectivity index (χ1n) is 9.53. The van der Waals surface area contributed by atoms with Crippen molar-refractivity contribution in [3.63, 3.8) is 0 Å². The molecule has 1 aliphatic rings. The lowest BCUT2D eigenvalue weighted by Crippen LogP contribution is -2.38. The zero-order chi connectivity index (χ0) is 23.8. The second-order valence-corrected chi connectivity index (χ2v) is 12.6. The van der Waals surface area contributed by atoms with Crippen LogP contribution in [0.3, 0.4) is 0 Å². The first-order chi connectivity index (χ1) is 14.8. The average Bonchev–Trinajstić information content (AvgIpc) is 2.69. The summed E-state index contributed by atoms with van der Waals surface area (Å²) in [5.41, 5.74) is -0.332. The van der Waals surface area contributed by atoms with Crippen LogP contribution in [0.25, 0.3) is 0 Å². The monoisotopic (exact) mass is 504 g/mol. The molecule has 9 nitrogen and oxygen atoms in total. The van der Waals surface area contributed by atoms with Gasteiger partial charge >= 0.3 is 0 Å². The van der Waals surface area contributed by atoms with E-state index < -0.39 is 35.5 Å². The van der Waals surface area contributed by atoms with E-state index in [4.69, 9.17) is 13.1 Å². The van der Waals surface area contributed by atoms with Crippen molar-refractivity contribution in [1.82, 2.24) is 0 Å². The van der Waals surface area contributed by atoms with Gasteiger partial charge in [0, 0.05) is 5.41 Å². The van der Waals surface area contributed by atoms with Crippen molar-refractivity contribution in [2.24, 2.45) is 0 Å². The molecule has 2 aromatic rings. The molecule has 0 N–H and O–H groups in total. The molecular weight excluding hydrogens is 480 g/mol. The number of methoxy groups -OCH3 is 1. The van der Waals surface area contributed by atoms with Crippen molar-refractivity contribution >= 4 is 30.1 Å². The fraction of sp³-hybridized carbons (Fsp3) is 0.400. The predicted molar refractivity (Wildman–Crippen MR) is 116 cm³/mol. The van der Waals surface area contributed by atoms with Crippen LogP contribution in [-0.2, 0) is 43.9 Å². The number of benzene rings is 2. The van der Waals surface area contributed by atoms with Crippen molar-refractivity contribution in [1.29, 1.82) is 0 Å². The molecule has 0 atom stereocenters. The van der Waals surface area contributed by atoms with Gasteiger partial charge in [0.25, 0.3) is 20.2 Å². The fourth-order valence-electron chi connectivity index (χ4n) is 4.08. The minimum Gasteiger partial charge on any atom is -0.495 e. The van der Waals surface area contributed by atoms with Gasteiger partial charge in [0.15, 0.2) is 0 Å². The lowest BCUT2D eigenvalue weighted by Gasteiger charge is -2.41. The summed E-state index contributed by atoms with van der Waals surface area (Å²) < 4.78 is 88.6. The molecule has 1 heterocycles. The largest absolute Gasteiger partial charge is 0.495 e. The average molecular weight is 505 g/mol. The van der Waals surface area contributed by atoms with Gasteiger partial charge in [-0.15, -0.1) is 0 Å². The maximum Gasteiger partial charge on any atom is 0.264 e. The first kappa shape index (κ1) is 24.6. The molecule has 0 aromatic heterocycles. The molecule has 0 bridgehead atoms. The van der Waals surface area contributed by atoms with Crippen LogP contribution in [0, 0.1) is 0 Å². The number of sulfone groups is 1. The summed E-state index contributed by atoms with van der Waals surface area (Å²) in [5.74, 6) is 0.134. The maximum absolute atomic E-state index is 13.5. The Labute approximate surface area is 188 Å². The molecule has 0 spiro atoms. The number of hydrogen-bond acceptors (Lipinski definition) is 9. The van der Waals surface area contributed by atoms with Gasteiger partial charge in [-0.05, 0) is 36.1 Å². The molecule has 176 valence electrons. The minimum absolute atomic E-state index is 0.0377. The molecule has 0 aliphatic carbocycles. The molecule has 1 aliphatic heterocycles. The summed E-state index contributed by atoms with van der Waals surface area (Å²) in [4.78, 5) is -0.00405. The Morgan fingerprint density at radius 2 is 1.34 bits per heavy atom. The van der Waals surface area contributed by atoms with Gasteiger partial charge in [0.2, 0.25) is 9.84 Å². The third-order valence-electron chi connectivity index (χ3n) is 5.33. The summed E-state index contributed by atoms with van der Waals surface area (Å²) in [6.07, 6.45) is 1.95. The smallest absolute Gasteiger partial charge is 0.264 e. The van der Waals surface area contributed by atoms with Gasteiger partial charge in [-0.2, -0.15) is 16.8 Å². The highest BCUT2D eigenvalue weighted by Crippen LogP contribution is 2.52. The minimum atomic E-state index is -3.97. The van der Waals surface area contributed by atoms with E-state index in [9.17, 15) is 25.3 Å². The molecule has 12 heteroatoms. The lowest BCUT2D eigenvalue weighted by molar-refractivity contribution is 0.233. The van der Waals surface area contributed by atoms with E-state index >= 15 is 0 Å². The molecule has 0 fully saturated rings. The zero-order valence-electron chi connectivity index (χ0n) is 17.8. The maximum atomic E-state index is 13.5. The molecule has 3 rings (SSSR count). The van der Waals surface area contributed by atoms with Crippen LogP contribution in [0.15, 0.2) is 52.3 Å². The van der Waals surface area contributed by atoms with Gasteiger partial charge in [0.05, 0.1) is 37.7 Å². The molecular formula is C20H24O9S3. The standard InChI is InChI=1S/C20H24O9S3/c1-27-17-9-6-8-16-19(17)32(25,26)18-10-5-4-7-15(18)20(16,11-13-28-30(2,21)22)12-14-29-31(3,23)24/h4-10H,11-14H2,1-3H3. The Morgan fingerprint density at radius 3 is 1.88 bits per heavy atom. The van der Waals surface area contributed by atoms with E-state index in [2.05, 4.69) is 0 Å². The van der Waals surface area contributed by atoms with Gasteiger partial charge in [-0.25, -0.2) is 8.42 Å². The quantitative estimate of drug-likeness (QED) is 0.470. The third kappa shape index (κ3) is 4.84. The van der Waals surface area contributed by atoms with Crippen molar-refractivity contribution in [2.75, 3.05) is 32.8 Å². The number of hydrogen-bond donors (Lipinski definition) is 0. The number of rotatable bonds is 9. The molecule has 2 aromatic carbocycles. The zero-order valence-corrected chi connectivity index (χ0v) is 20.2. The highest BCUT2D eigenvalue weighted by molar-refractivity contribution is 7.91. The van der Waals surface area contributed by atoms with Gasteiger partial charge in [-0.1, -0.05) is 30.3 Å². The summed E-state index contributed by atoms with van der Waals surface area (Å²) in [5, 5.41) is 0. The second-order valence-electron chi connectivity index (χ2n) is 7.47. The highest BCUT2D eigenvalue weighted by Gasteiger charge is 2.47. The van der Waals surface area contributed by atoms with Crippen LogP contribution >= 0.6 is 0 Å². The van der Waals surface area contributed by atoms with Crippen LogP contribution in [-0.4, -0.2) is 58.1 Å². The van der Waals surface area contributed by atoms with Crippen molar-refractivity contribution in [3.8, 4) is 5.75 Å². The topological polar surface area (TPSA) is 130 Å². The SMILES string of the molecule is COc1cccc2c1S(=O)(=O)c1ccccc1C2(CCOS(C)(=O)=O)CCOS(C)(=O)=O. The lowest BCUT2D eigenvalue weighted by atomic mass is 9.69. The van der Waals surface area contributed by atoms with E-state index in [1.54, 1.807) is 30.3 Å². The van der Waals surface area contributed by atoms with E-state index in [0.717, 1.165) is 12.5 Å². The van der Waals surface area contributed by atoms with Crippen molar-refractivity contribution in [3.05, 3.63) is 53.6 Å². The summed E-state index contributed by atoms with van der Waals surface area (Å²) >= 11 is 0. The normalized spacial score (nSPS) is 16.7. The van der Waals surface area contributed by atoms with Crippen LogP contribution in [0.5, 0.6) is 5.75 Å². The summed E-state index contributed by atoms with van der Waals surface area (Å²) in [6.45, 7) is -0.495. The van der Waals surface area contributed by atoms with Crippen LogP contribution in [0.1, 0.15) is 24.0 Å². The van der Waals surface area contributed by atoms with Gasteiger partial charge in [-0.3, -0.25) is 8.37 Å². The van der Waals surface area contributed by atoms with Crippen LogP contribution in [0.4, 0.5) is 0 Å². The second kappa shape index (κ2) is 8.75. The van der Waals surface area contributed by atoms with Gasteiger partial charge in [0.1, 0.15) is 10.6 Å². The molecule has 0 unspecified atom stereocenters. The molecule has 0 amide bonds.